The fourth-order valence-corrected chi connectivity index (χ4v) is 3.60. The van der Waals surface area contributed by atoms with Crippen molar-refractivity contribution in [3.8, 4) is 11.5 Å². The minimum absolute atomic E-state index is 0.0216. The number of ether oxygens (including phenoxy) is 2. The Balaban J connectivity index is 0.000000798. The summed E-state index contributed by atoms with van der Waals surface area (Å²) in [7, 11) is 1.49. The van der Waals surface area contributed by atoms with Crippen LogP contribution in [0.3, 0.4) is 0 Å². The molecule has 0 saturated carbocycles. The maximum Gasteiger partial charge on any atom is 0.243 e. The molecule has 3 rings (SSSR count). The van der Waals surface area contributed by atoms with E-state index >= 15 is 0 Å². The van der Waals surface area contributed by atoms with Gasteiger partial charge in [0.2, 0.25) is 23.9 Å². The molecule has 10 heteroatoms. The number of hydrogen-bond donors (Lipinski definition) is 1. The second-order valence-electron chi connectivity index (χ2n) is 9.66. The molecule has 0 aliphatic carbocycles. The van der Waals surface area contributed by atoms with Crippen LogP contribution in [0, 0.1) is 17.8 Å². The summed E-state index contributed by atoms with van der Waals surface area (Å²) in [5.41, 5.74) is 3.11. The lowest BCUT2D eigenvalue weighted by Crippen LogP contribution is -2.36. The van der Waals surface area contributed by atoms with Crippen LogP contribution in [0.2, 0.25) is 0 Å². The zero-order valence-corrected chi connectivity index (χ0v) is 24.0. The fraction of sp³-hybridized carbons (Fsp3) is 0.448. The summed E-state index contributed by atoms with van der Waals surface area (Å²) >= 11 is 4.97. The average Bonchev–Trinajstić information content (AvgIpc) is 2.91. The molecule has 39 heavy (non-hydrogen) atoms. The molecule has 8 nitrogen and oxygen atoms in total. The molecule has 212 valence electrons. The number of alkyl halides is 1. The summed E-state index contributed by atoms with van der Waals surface area (Å²) in [6, 6.07) is 12.6. The number of benzene rings is 2. The first-order valence-corrected chi connectivity index (χ1v) is 13.2. The third-order valence-electron chi connectivity index (χ3n) is 6.02. The lowest BCUT2D eigenvalue weighted by molar-refractivity contribution is -0.133. The van der Waals surface area contributed by atoms with Gasteiger partial charge in [-0.25, -0.2) is 9.40 Å². The Morgan fingerprint density at radius 2 is 1.74 bits per heavy atom. The van der Waals surface area contributed by atoms with Gasteiger partial charge in [-0.1, -0.05) is 46.8 Å². The number of rotatable bonds is 10. The molecule has 0 radical (unpaired) electrons. The largest absolute Gasteiger partial charge is 0.493 e. The Kier molecular flexibility index (Phi) is 12.4. The van der Waals surface area contributed by atoms with E-state index in [4.69, 9.17) is 21.1 Å². The van der Waals surface area contributed by atoms with Crippen LogP contribution in [0.1, 0.15) is 58.6 Å². The van der Waals surface area contributed by atoms with Gasteiger partial charge < -0.3 is 14.8 Å². The Morgan fingerprint density at radius 1 is 1.10 bits per heavy atom. The number of anilines is 1. The average molecular weight is 562 g/mol. The third kappa shape index (κ3) is 9.35. The third-order valence-corrected chi connectivity index (χ3v) is 6.45. The quantitative estimate of drug-likeness (QED) is 0.350. The van der Waals surface area contributed by atoms with Crippen molar-refractivity contribution in [3.05, 3.63) is 53.6 Å². The van der Waals surface area contributed by atoms with Crippen LogP contribution in [0.25, 0.3) is 0 Å². The smallest absolute Gasteiger partial charge is 0.243 e. The van der Waals surface area contributed by atoms with Gasteiger partial charge >= 0.3 is 0 Å². The van der Waals surface area contributed by atoms with E-state index in [-0.39, 0.29) is 40.6 Å². The molecule has 2 aromatic rings. The molecule has 0 aromatic heterocycles. The van der Waals surface area contributed by atoms with E-state index in [9.17, 15) is 18.8 Å². The summed E-state index contributed by atoms with van der Waals surface area (Å²) in [6.07, 6.45) is 1.08. The Morgan fingerprint density at radius 3 is 2.26 bits per heavy atom. The zero-order valence-electron chi connectivity index (χ0n) is 23.3. The highest BCUT2D eigenvalue weighted by molar-refractivity contribution is 6.63. The van der Waals surface area contributed by atoms with Gasteiger partial charge in [-0.2, -0.15) is 5.10 Å². The molecular weight excluding hydrogens is 525 g/mol. The maximum absolute atomic E-state index is 12.8. The van der Waals surface area contributed by atoms with Crippen molar-refractivity contribution in [2.24, 2.45) is 22.9 Å². The van der Waals surface area contributed by atoms with Gasteiger partial charge in [-0.05, 0) is 53.9 Å². The van der Waals surface area contributed by atoms with Crippen molar-refractivity contribution in [1.29, 1.82) is 0 Å². The van der Waals surface area contributed by atoms with Crippen LogP contribution in [-0.4, -0.2) is 41.7 Å². The maximum atomic E-state index is 12.8. The molecule has 0 spiro atoms. The highest BCUT2D eigenvalue weighted by atomic mass is 35.5. The van der Waals surface area contributed by atoms with Gasteiger partial charge in [0.05, 0.1) is 19.4 Å². The SMILES string of the molecule is CC(C)C(=O)Cl.CCC1CC(=O)N(Cc2ccc(NC(=O)C(C)C)cc2)N=C1c1ccc(OC)c(OCF)c1. The van der Waals surface area contributed by atoms with E-state index in [2.05, 4.69) is 10.4 Å². The van der Waals surface area contributed by atoms with Crippen LogP contribution in [-0.2, 0) is 20.9 Å². The van der Waals surface area contributed by atoms with Gasteiger partial charge in [0, 0.05) is 35.4 Å². The number of carbonyl (C=O) groups is 3. The van der Waals surface area contributed by atoms with E-state index in [0.717, 1.165) is 23.3 Å². The van der Waals surface area contributed by atoms with Crippen LogP contribution in [0.15, 0.2) is 47.6 Å². The molecule has 1 aliphatic heterocycles. The first kappa shape index (κ1) is 31.8. The lowest BCUT2D eigenvalue weighted by atomic mass is 9.89. The summed E-state index contributed by atoms with van der Waals surface area (Å²) in [5.74, 6) is 0.432. The predicted octanol–water partition coefficient (Wildman–Crippen LogP) is 6.17. The van der Waals surface area contributed by atoms with Gasteiger partial charge in [-0.15, -0.1) is 0 Å². The first-order chi connectivity index (χ1) is 18.5. The molecular formula is C29H37ClFN3O5. The van der Waals surface area contributed by atoms with E-state index < -0.39 is 6.86 Å². The highest BCUT2D eigenvalue weighted by Gasteiger charge is 2.30. The molecule has 2 amide bonds. The number of hydrazone groups is 1. The number of nitrogens with one attached hydrogen (secondary N) is 1. The lowest BCUT2D eigenvalue weighted by Gasteiger charge is -2.29. The van der Waals surface area contributed by atoms with Crippen molar-refractivity contribution in [2.45, 2.75) is 54.0 Å². The molecule has 0 saturated heterocycles. The monoisotopic (exact) mass is 561 g/mol. The van der Waals surface area contributed by atoms with Gasteiger partial charge in [0.25, 0.3) is 0 Å². The molecule has 0 bridgehead atoms. The van der Waals surface area contributed by atoms with Crippen molar-refractivity contribution in [2.75, 3.05) is 19.3 Å². The van der Waals surface area contributed by atoms with Crippen molar-refractivity contribution >= 4 is 40.1 Å². The summed E-state index contributed by atoms with van der Waals surface area (Å²) in [6.45, 7) is 8.53. The van der Waals surface area contributed by atoms with Gasteiger partial charge in [0.1, 0.15) is 0 Å². The molecule has 1 N–H and O–H groups in total. The van der Waals surface area contributed by atoms with Gasteiger partial charge in [-0.3, -0.25) is 14.4 Å². The Labute approximate surface area is 234 Å². The number of halogens is 2. The van der Waals surface area contributed by atoms with E-state index in [1.807, 2.05) is 51.1 Å². The zero-order chi connectivity index (χ0) is 29.1. The molecule has 0 fully saturated rings. The standard InChI is InChI=1S/C25H30FN3O4.C4H7ClO/c1-5-18-13-23(30)29(14-17-6-9-20(10-7-17)27-25(31)16(2)3)28-24(18)19-8-11-21(32-4)22(12-19)33-15-26;1-3(2)4(5)6/h6-12,16,18H,5,13-15H2,1-4H3,(H,27,31);3H,1-2H3. The predicted molar refractivity (Wildman–Crippen MR) is 151 cm³/mol. The number of methoxy groups -OCH3 is 1. The number of amides is 2. The normalized spacial score (nSPS) is 14.9. The summed E-state index contributed by atoms with van der Waals surface area (Å²) < 4.78 is 23.1. The molecule has 1 aliphatic rings. The van der Waals surface area contributed by atoms with E-state index in [0.29, 0.717) is 24.4 Å². The van der Waals surface area contributed by atoms with E-state index in [1.165, 1.54) is 12.1 Å². The highest BCUT2D eigenvalue weighted by Crippen LogP contribution is 2.32. The first-order valence-electron chi connectivity index (χ1n) is 12.9. The number of hydrogen-bond acceptors (Lipinski definition) is 6. The van der Waals surface area contributed by atoms with E-state index in [1.54, 1.807) is 26.0 Å². The second kappa shape index (κ2) is 15.2. The summed E-state index contributed by atoms with van der Waals surface area (Å²) in [5, 5.41) is 8.72. The second-order valence-corrected chi connectivity index (χ2v) is 10.0. The van der Waals surface area contributed by atoms with Crippen molar-refractivity contribution < 1.29 is 28.2 Å². The minimum Gasteiger partial charge on any atom is -0.493 e. The number of carbonyl (C=O) groups excluding carboxylic acids is 3. The topological polar surface area (TPSA) is 97.3 Å². The Hall–Kier alpha value is -3.46. The molecule has 1 unspecified atom stereocenters. The van der Waals surface area contributed by atoms with Crippen LogP contribution in [0.5, 0.6) is 11.5 Å². The summed E-state index contributed by atoms with van der Waals surface area (Å²) in [4.78, 5) is 34.6. The van der Waals surface area contributed by atoms with Crippen LogP contribution in [0.4, 0.5) is 10.1 Å². The fourth-order valence-electron chi connectivity index (χ4n) is 3.60. The molecule has 1 atom stereocenters. The van der Waals surface area contributed by atoms with Crippen molar-refractivity contribution in [3.63, 3.8) is 0 Å². The minimum atomic E-state index is -0.971. The van der Waals surface area contributed by atoms with Crippen LogP contribution < -0.4 is 14.8 Å². The molecule has 1 heterocycles. The van der Waals surface area contributed by atoms with Gasteiger partial charge in [0.15, 0.2) is 11.5 Å². The number of nitrogens with zero attached hydrogens (tertiary/aromatic N) is 2. The molecule has 2 aromatic carbocycles. The van der Waals surface area contributed by atoms with Crippen LogP contribution >= 0.6 is 11.6 Å². The Bertz CT molecular complexity index is 1170. The van der Waals surface area contributed by atoms with Crippen molar-refractivity contribution in [1.82, 2.24) is 5.01 Å².